The van der Waals surface area contributed by atoms with Gasteiger partial charge in [0.25, 0.3) is 5.91 Å². The molecule has 1 N–H and O–H groups in total. The normalized spacial score (nSPS) is 13.8. The van der Waals surface area contributed by atoms with Gasteiger partial charge < -0.3 is 19.7 Å². The van der Waals surface area contributed by atoms with Crippen LogP contribution in [0.5, 0.6) is 0 Å². The van der Waals surface area contributed by atoms with Crippen LogP contribution in [0.25, 0.3) is 10.9 Å². The van der Waals surface area contributed by atoms with Crippen LogP contribution >= 0.6 is 11.6 Å². The average molecular weight is 437 g/mol. The molecule has 1 aliphatic rings. The monoisotopic (exact) mass is 436 g/mol. The van der Waals surface area contributed by atoms with E-state index < -0.39 is 0 Å². The smallest absolute Gasteiger partial charge is 0.256 e. The molecule has 31 heavy (non-hydrogen) atoms. The van der Waals surface area contributed by atoms with Gasteiger partial charge in [0, 0.05) is 56.0 Å². The number of amides is 2. The summed E-state index contributed by atoms with van der Waals surface area (Å²) in [5.74, 6) is 0.395. The molecule has 0 radical (unpaired) electrons. The maximum Gasteiger partial charge on any atom is 0.256 e. The lowest BCUT2D eigenvalue weighted by molar-refractivity contribution is -0.121. The highest BCUT2D eigenvalue weighted by molar-refractivity contribution is 6.31. The highest BCUT2D eigenvalue weighted by Gasteiger charge is 2.26. The number of fused-ring (bicyclic) bond motifs is 1. The Kier molecular flexibility index (Phi) is 5.78. The molecule has 3 heterocycles. The molecule has 0 unspecified atom stereocenters. The number of nitrogens with zero attached hydrogens (tertiary/aromatic N) is 5. The number of anilines is 1. The Bertz CT molecular complexity index is 1190. The fourth-order valence-corrected chi connectivity index (χ4v) is 3.99. The van der Waals surface area contributed by atoms with Crippen molar-refractivity contribution < 1.29 is 9.59 Å². The predicted octanol–water partition coefficient (Wildman–Crippen LogP) is 2.27. The molecule has 8 nitrogen and oxygen atoms in total. The van der Waals surface area contributed by atoms with Crippen LogP contribution in [0.4, 0.5) is 5.82 Å². The number of rotatable bonds is 4. The van der Waals surface area contributed by atoms with Crippen molar-refractivity contribution in [3.63, 3.8) is 0 Å². The van der Waals surface area contributed by atoms with Crippen molar-refractivity contribution >= 4 is 40.1 Å². The van der Waals surface area contributed by atoms with Crippen LogP contribution in [-0.2, 0) is 11.3 Å². The molecule has 3 aromatic rings. The number of nitrogens with one attached hydrogen (secondary N) is 1. The second-order valence-corrected chi connectivity index (χ2v) is 7.71. The number of aromatic nitrogens is 2. The molecule has 1 fully saturated rings. The summed E-state index contributed by atoms with van der Waals surface area (Å²) in [6, 6.07) is 11.0. The Balaban J connectivity index is 1.57. The first-order valence-electron chi connectivity index (χ1n) is 9.90. The summed E-state index contributed by atoms with van der Waals surface area (Å²) >= 11 is 6.15. The molecule has 1 aromatic carbocycles. The third-order valence-corrected chi connectivity index (χ3v) is 5.68. The topological polar surface area (TPSA) is 94.3 Å². The van der Waals surface area contributed by atoms with Gasteiger partial charge >= 0.3 is 0 Å². The molecule has 4 rings (SSSR count). The minimum absolute atomic E-state index is 0.0934. The van der Waals surface area contributed by atoms with Gasteiger partial charge in [-0.1, -0.05) is 17.7 Å². The molecule has 0 atom stereocenters. The van der Waals surface area contributed by atoms with Gasteiger partial charge in [0.15, 0.2) is 0 Å². The van der Waals surface area contributed by atoms with Gasteiger partial charge in [0.2, 0.25) is 5.91 Å². The average Bonchev–Trinajstić information content (AvgIpc) is 3.15. The van der Waals surface area contributed by atoms with Crippen molar-refractivity contribution in [2.75, 3.05) is 38.1 Å². The molecule has 158 valence electrons. The van der Waals surface area contributed by atoms with Crippen molar-refractivity contribution in [1.82, 2.24) is 19.8 Å². The molecule has 2 amide bonds. The summed E-state index contributed by atoms with van der Waals surface area (Å²) in [7, 11) is 1.58. The van der Waals surface area contributed by atoms with E-state index in [1.54, 1.807) is 53.2 Å². The summed E-state index contributed by atoms with van der Waals surface area (Å²) in [5, 5.41) is 13.2. The zero-order chi connectivity index (χ0) is 22.0. The zero-order valence-electron chi connectivity index (χ0n) is 17.0. The first-order chi connectivity index (χ1) is 15.0. The van der Waals surface area contributed by atoms with Gasteiger partial charge in [-0.25, -0.2) is 4.98 Å². The Morgan fingerprint density at radius 3 is 2.71 bits per heavy atom. The maximum atomic E-state index is 13.3. The van der Waals surface area contributed by atoms with Crippen LogP contribution in [0.3, 0.4) is 0 Å². The summed E-state index contributed by atoms with van der Waals surface area (Å²) < 4.78 is 1.75. The summed E-state index contributed by atoms with van der Waals surface area (Å²) in [4.78, 5) is 33.4. The van der Waals surface area contributed by atoms with E-state index in [0.717, 1.165) is 10.9 Å². The lowest BCUT2D eigenvalue weighted by Crippen LogP contribution is -2.49. The van der Waals surface area contributed by atoms with Crippen LogP contribution in [0.15, 0.2) is 42.7 Å². The number of likely N-dealkylation sites (N-methyl/N-ethyl adjacent to an activating group) is 1. The van der Waals surface area contributed by atoms with Gasteiger partial charge in [-0.2, -0.15) is 5.26 Å². The molecular weight excluding hydrogens is 416 g/mol. The van der Waals surface area contributed by atoms with Crippen molar-refractivity contribution in [3.8, 4) is 6.07 Å². The highest BCUT2D eigenvalue weighted by atomic mass is 35.5. The van der Waals surface area contributed by atoms with Crippen molar-refractivity contribution in [2.24, 2.45) is 0 Å². The van der Waals surface area contributed by atoms with E-state index >= 15 is 0 Å². The summed E-state index contributed by atoms with van der Waals surface area (Å²) in [6.45, 7) is 2.29. The van der Waals surface area contributed by atoms with E-state index in [-0.39, 0.29) is 18.4 Å². The van der Waals surface area contributed by atoms with Gasteiger partial charge in [0.05, 0.1) is 16.6 Å². The number of hydrogen-bond acceptors (Lipinski definition) is 5. The van der Waals surface area contributed by atoms with E-state index in [4.69, 9.17) is 11.6 Å². The molecule has 0 saturated carbocycles. The van der Waals surface area contributed by atoms with Crippen molar-refractivity contribution in [2.45, 2.75) is 6.54 Å². The number of nitriles is 1. The first-order valence-corrected chi connectivity index (χ1v) is 10.3. The molecule has 9 heteroatoms. The standard InChI is InChI=1S/C22H21ClN6O2/c1-25-20(30)14-29-13-18(17-5-4-16(23)11-19(17)29)22(31)28-9-7-27(8-10-28)21-15(12-24)3-2-6-26-21/h2-6,11,13H,7-10,14H2,1H3,(H,25,30). The van der Waals surface area contributed by atoms with Crippen LogP contribution in [0.2, 0.25) is 5.02 Å². The van der Waals surface area contributed by atoms with Crippen molar-refractivity contribution in [1.29, 1.82) is 5.26 Å². The highest BCUT2D eigenvalue weighted by Crippen LogP contribution is 2.27. The lowest BCUT2D eigenvalue weighted by atomic mass is 10.1. The number of piperazine rings is 1. The van der Waals surface area contributed by atoms with Gasteiger partial charge in [0.1, 0.15) is 18.4 Å². The maximum absolute atomic E-state index is 13.3. The molecule has 2 aromatic heterocycles. The number of hydrogen-bond donors (Lipinski definition) is 1. The van der Waals surface area contributed by atoms with Gasteiger partial charge in [-0.05, 0) is 24.3 Å². The number of carbonyl (C=O) groups excluding carboxylic acids is 2. The summed E-state index contributed by atoms with van der Waals surface area (Å²) in [5.41, 5.74) is 1.81. The molecule has 0 bridgehead atoms. The number of benzene rings is 1. The van der Waals surface area contributed by atoms with E-state index in [1.165, 1.54) is 0 Å². The Labute approximate surface area is 184 Å². The second-order valence-electron chi connectivity index (χ2n) is 7.27. The van der Waals surface area contributed by atoms with Crippen LogP contribution < -0.4 is 10.2 Å². The Hall–Kier alpha value is -3.57. The Morgan fingerprint density at radius 2 is 2.00 bits per heavy atom. The SMILES string of the molecule is CNC(=O)Cn1cc(C(=O)N2CCN(c3ncccc3C#N)CC2)c2ccc(Cl)cc21. The molecule has 1 saturated heterocycles. The minimum Gasteiger partial charge on any atom is -0.358 e. The minimum atomic E-state index is -0.159. The van der Waals surface area contributed by atoms with Gasteiger partial charge in [-0.15, -0.1) is 0 Å². The van der Waals surface area contributed by atoms with Crippen LogP contribution in [0.1, 0.15) is 15.9 Å². The van der Waals surface area contributed by atoms with Crippen LogP contribution in [-0.4, -0.2) is 59.5 Å². The quantitative estimate of drug-likeness (QED) is 0.677. The molecular formula is C22H21ClN6O2. The third kappa shape index (κ3) is 4.05. The number of halogens is 1. The zero-order valence-corrected chi connectivity index (χ0v) is 17.8. The fraction of sp³-hybridized carbons (Fsp3) is 0.273. The van der Waals surface area contributed by atoms with Crippen LogP contribution in [0, 0.1) is 11.3 Å². The van der Waals surface area contributed by atoms with E-state index in [0.29, 0.717) is 48.1 Å². The fourth-order valence-electron chi connectivity index (χ4n) is 3.83. The molecule has 1 aliphatic heterocycles. The van der Waals surface area contributed by atoms with E-state index in [1.807, 2.05) is 11.0 Å². The Morgan fingerprint density at radius 1 is 1.23 bits per heavy atom. The van der Waals surface area contributed by atoms with E-state index in [2.05, 4.69) is 16.4 Å². The van der Waals surface area contributed by atoms with Gasteiger partial charge in [-0.3, -0.25) is 9.59 Å². The second kappa shape index (κ2) is 8.66. The first kappa shape index (κ1) is 20.7. The lowest BCUT2D eigenvalue weighted by Gasteiger charge is -2.35. The largest absolute Gasteiger partial charge is 0.358 e. The number of pyridine rings is 1. The number of carbonyl (C=O) groups is 2. The summed E-state index contributed by atoms with van der Waals surface area (Å²) in [6.07, 6.45) is 3.39. The predicted molar refractivity (Wildman–Crippen MR) is 118 cm³/mol. The molecule has 0 spiro atoms. The molecule has 0 aliphatic carbocycles. The van der Waals surface area contributed by atoms with Crippen molar-refractivity contribution in [3.05, 3.63) is 58.9 Å². The third-order valence-electron chi connectivity index (χ3n) is 5.44. The van der Waals surface area contributed by atoms with E-state index in [9.17, 15) is 14.9 Å².